The number of benzene rings is 1. The average Bonchev–Trinajstić information content (AvgIpc) is 2.67. The van der Waals surface area contributed by atoms with Gasteiger partial charge >= 0.3 is 0 Å². The number of aromatic nitrogens is 1. The van der Waals surface area contributed by atoms with Crippen LogP contribution in [0.1, 0.15) is 25.5 Å². The molecule has 1 N–H and O–H groups in total. The summed E-state index contributed by atoms with van der Waals surface area (Å²) in [5, 5.41) is 3.39. The van der Waals surface area contributed by atoms with Crippen molar-refractivity contribution in [2.24, 2.45) is 4.99 Å². The number of nitrogens with one attached hydrogen (secondary N) is 1. The SMILES string of the molecule is CCNC(=NCc1ccccn1)N1CCC(Oc2ccccc2)CC1.I. The van der Waals surface area contributed by atoms with E-state index in [0.717, 1.165) is 49.9 Å². The fraction of sp³-hybridized carbons (Fsp3) is 0.400. The Balaban J connectivity index is 0.00000243. The minimum absolute atomic E-state index is 0. The molecule has 0 amide bonds. The number of hydrogen-bond acceptors (Lipinski definition) is 3. The largest absolute Gasteiger partial charge is 0.490 e. The molecule has 0 aliphatic carbocycles. The maximum Gasteiger partial charge on any atom is 0.194 e. The van der Waals surface area contributed by atoms with E-state index in [1.54, 1.807) is 0 Å². The molecule has 1 saturated heterocycles. The number of nitrogens with zero attached hydrogens (tertiary/aromatic N) is 3. The maximum absolute atomic E-state index is 6.08. The van der Waals surface area contributed by atoms with Crippen LogP contribution in [-0.4, -0.2) is 41.6 Å². The average molecular weight is 466 g/mol. The summed E-state index contributed by atoms with van der Waals surface area (Å²) in [5.41, 5.74) is 0.986. The highest BCUT2D eigenvalue weighted by Crippen LogP contribution is 2.18. The quantitative estimate of drug-likeness (QED) is 0.415. The van der Waals surface area contributed by atoms with Crippen LogP contribution in [0.5, 0.6) is 5.75 Å². The molecule has 5 nitrogen and oxygen atoms in total. The molecular formula is C20H27IN4O. The van der Waals surface area contributed by atoms with Crippen LogP contribution < -0.4 is 10.1 Å². The number of aliphatic imine (C=N–C) groups is 1. The molecule has 26 heavy (non-hydrogen) atoms. The van der Waals surface area contributed by atoms with Crippen molar-refractivity contribution < 1.29 is 4.74 Å². The molecule has 6 heteroatoms. The van der Waals surface area contributed by atoms with Crippen LogP contribution in [0.4, 0.5) is 0 Å². The Kier molecular flexibility index (Phi) is 8.67. The van der Waals surface area contributed by atoms with Crippen LogP contribution in [-0.2, 0) is 6.54 Å². The van der Waals surface area contributed by atoms with E-state index in [1.807, 2.05) is 54.7 Å². The van der Waals surface area contributed by atoms with Gasteiger partial charge in [-0.3, -0.25) is 4.98 Å². The highest BCUT2D eigenvalue weighted by molar-refractivity contribution is 14.0. The summed E-state index contributed by atoms with van der Waals surface area (Å²) in [6.07, 6.45) is 4.09. The number of pyridine rings is 1. The summed E-state index contributed by atoms with van der Waals surface area (Å²) >= 11 is 0. The molecule has 2 aromatic rings. The first kappa shape index (κ1) is 20.5. The van der Waals surface area contributed by atoms with Gasteiger partial charge in [-0.15, -0.1) is 24.0 Å². The van der Waals surface area contributed by atoms with Gasteiger partial charge in [0.25, 0.3) is 0 Å². The van der Waals surface area contributed by atoms with Gasteiger partial charge in [0, 0.05) is 38.7 Å². The van der Waals surface area contributed by atoms with E-state index in [1.165, 1.54) is 0 Å². The van der Waals surface area contributed by atoms with Gasteiger partial charge in [0.1, 0.15) is 11.9 Å². The van der Waals surface area contributed by atoms with Gasteiger partial charge in [0.05, 0.1) is 12.2 Å². The predicted octanol–water partition coefficient (Wildman–Crippen LogP) is 3.71. The molecule has 2 heterocycles. The molecule has 1 aromatic heterocycles. The second kappa shape index (κ2) is 11.0. The Labute approximate surface area is 172 Å². The molecule has 0 saturated carbocycles. The van der Waals surface area contributed by atoms with Crippen LogP contribution in [0.15, 0.2) is 59.7 Å². The lowest BCUT2D eigenvalue weighted by Crippen LogP contribution is -2.47. The zero-order chi connectivity index (χ0) is 17.3. The van der Waals surface area contributed by atoms with Crippen molar-refractivity contribution in [2.45, 2.75) is 32.4 Å². The molecule has 1 aromatic carbocycles. The molecule has 1 aliphatic rings. The molecule has 1 aliphatic heterocycles. The maximum atomic E-state index is 6.08. The molecule has 0 atom stereocenters. The molecule has 0 spiro atoms. The smallest absolute Gasteiger partial charge is 0.194 e. The van der Waals surface area contributed by atoms with E-state index in [4.69, 9.17) is 9.73 Å². The lowest BCUT2D eigenvalue weighted by Gasteiger charge is -2.34. The second-order valence-corrected chi connectivity index (χ2v) is 6.11. The number of halogens is 1. The van der Waals surface area contributed by atoms with E-state index in [0.29, 0.717) is 6.54 Å². The summed E-state index contributed by atoms with van der Waals surface area (Å²) < 4.78 is 6.08. The van der Waals surface area contributed by atoms with Gasteiger partial charge in [0.2, 0.25) is 0 Å². The molecular weight excluding hydrogens is 439 g/mol. The van der Waals surface area contributed by atoms with E-state index in [2.05, 4.69) is 22.1 Å². The van der Waals surface area contributed by atoms with Crippen molar-refractivity contribution in [3.8, 4) is 5.75 Å². The zero-order valence-corrected chi connectivity index (χ0v) is 17.5. The number of hydrogen-bond donors (Lipinski definition) is 1. The fourth-order valence-electron chi connectivity index (χ4n) is 2.95. The number of piperidine rings is 1. The summed E-state index contributed by atoms with van der Waals surface area (Å²) in [5.74, 6) is 1.92. The Morgan fingerprint density at radius 1 is 1.15 bits per heavy atom. The van der Waals surface area contributed by atoms with E-state index in [9.17, 15) is 0 Å². The summed E-state index contributed by atoms with van der Waals surface area (Å²) in [4.78, 5) is 11.4. The molecule has 0 bridgehead atoms. The Morgan fingerprint density at radius 3 is 2.54 bits per heavy atom. The van der Waals surface area contributed by atoms with E-state index in [-0.39, 0.29) is 30.1 Å². The highest BCUT2D eigenvalue weighted by atomic mass is 127. The fourth-order valence-corrected chi connectivity index (χ4v) is 2.95. The van der Waals surface area contributed by atoms with Crippen molar-refractivity contribution in [1.29, 1.82) is 0 Å². The number of para-hydroxylation sites is 1. The number of rotatable bonds is 5. The third-order valence-corrected chi connectivity index (χ3v) is 4.24. The number of guanidine groups is 1. The van der Waals surface area contributed by atoms with Gasteiger partial charge in [-0.1, -0.05) is 24.3 Å². The van der Waals surface area contributed by atoms with Gasteiger partial charge in [0.15, 0.2) is 5.96 Å². The molecule has 3 rings (SSSR count). The highest BCUT2D eigenvalue weighted by Gasteiger charge is 2.22. The molecule has 140 valence electrons. The Morgan fingerprint density at radius 2 is 1.88 bits per heavy atom. The van der Waals surface area contributed by atoms with Gasteiger partial charge in [-0.2, -0.15) is 0 Å². The summed E-state index contributed by atoms with van der Waals surface area (Å²) in [6, 6.07) is 16.0. The number of likely N-dealkylation sites (tertiary alicyclic amines) is 1. The van der Waals surface area contributed by atoms with Crippen LogP contribution in [0.3, 0.4) is 0 Å². The van der Waals surface area contributed by atoms with Crippen LogP contribution in [0.2, 0.25) is 0 Å². The number of ether oxygens (including phenoxy) is 1. The normalized spacial score (nSPS) is 15.3. The monoisotopic (exact) mass is 466 g/mol. The topological polar surface area (TPSA) is 49.8 Å². The zero-order valence-electron chi connectivity index (χ0n) is 15.2. The first-order valence-electron chi connectivity index (χ1n) is 9.00. The first-order valence-corrected chi connectivity index (χ1v) is 9.00. The van der Waals surface area contributed by atoms with Crippen LogP contribution >= 0.6 is 24.0 Å². The van der Waals surface area contributed by atoms with E-state index < -0.39 is 0 Å². The Bertz CT molecular complexity index is 658. The van der Waals surface area contributed by atoms with Crippen molar-refractivity contribution in [1.82, 2.24) is 15.2 Å². The van der Waals surface area contributed by atoms with Gasteiger partial charge in [-0.25, -0.2) is 4.99 Å². The molecule has 0 radical (unpaired) electrons. The first-order chi connectivity index (χ1) is 12.3. The summed E-state index contributed by atoms with van der Waals surface area (Å²) in [7, 11) is 0. The minimum Gasteiger partial charge on any atom is -0.490 e. The molecule has 0 unspecified atom stereocenters. The summed E-state index contributed by atoms with van der Waals surface area (Å²) in [6.45, 7) is 5.46. The van der Waals surface area contributed by atoms with Gasteiger partial charge < -0.3 is 15.0 Å². The lowest BCUT2D eigenvalue weighted by molar-refractivity contribution is 0.129. The lowest BCUT2D eigenvalue weighted by atomic mass is 10.1. The van der Waals surface area contributed by atoms with Crippen LogP contribution in [0, 0.1) is 0 Å². The van der Waals surface area contributed by atoms with Gasteiger partial charge in [-0.05, 0) is 31.2 Å². The van der Waals surface area contributed by atoms with Crippen molar-refractivity contribution in [2.75, 3.05) is 19.6 Å². The van der Waals surface area contributed by atoms with Crippen LogP contribution in [0.25, 0.3) is 0 Å². The van der Waals surface area contributed by atoms with Crippen molar-refractivity contribution >= 4 is 29.9 Å². The molecule has 1 fully saturated rings. The minimum atomic E-state index is 0. The third kappa shape index (κ3) is 6.16. The van der Waals surface area contributed by atoms with E-state index >= 15 is 0 Å². The third-order valence-electron chi connectivity index (χ3n) is 4.24. The predicted molar refractivity (Wildman–Crippen MR) is 116 cm³/mol. The second-order valence-electron chi connectivity index (χ2n) is 6.11. The Hall–Kier alpha value is -1.83. The van der Waals surface area contributed by atoms with Crippen molar-refractivity contribution in [3.05, 3.63) is 60.4 Å². The van der Waals surface area contributed by atoms with Crippen molar-refractivity contribution in [3.63, 3.8) is 0 Å². The standard InChI is InChI=1S/C20H26N4O.HI/c1-2-21-20(23-16-17-8-6-7-13-22-17)24-14-11-19(12-15-24)25-18-9-4-3-5-10-18;/h3-10,13,19H,2,11-12,14-16H2,1H3,(H,21,23);1H.